The maximum atomic E-state index is 13.9. The van der Waals surface area contributed by atoms with E-state index in [0.717, 1.165) is 25.0 Å². The Labute approximate surface area is 115 Å². The van der Waals surface area contributed by atoms with Crippen LogP contribution in [0.5, 0.6) is 0 Å². The van der Waals surface area contributed by atoms with Crippen molar-refractivity contribution >= 4 is 25.6 Å². The third kappa shape index (κ3) is 3.45. The number of rotatable bonds is 4. The van der Waals surface area contributed by atoms with E-state index in [1.807, 2.05) is 0 Å². The van der Waals surface area contributed by atoms with Gasteiger partial charge in [-0.3, -0.25) is 4.79 Å². The SMILES string of the molecule is Cc1cc(S(=O)(=O)Cl)cc(C(=O)NCC2CC2)c1F. The minimum absolute atomic E-state index is 0.0679. The summed E-state index contributed by atoms with van der Waals surface area (Å²) in [6, 6.07) is 2.07. The fourth-order valence-corrected chi connectivity index (χ4v) is 2.54. The van der Waals surface area contributed by atoms with Gasteiger partial charge in [0.1, 0.15) is 5.82 Å². The third-order valence-electron chi connectivity index (χ3n) is 3.00. The van der Waals surface area contributed by atoms with Gasteiger partial charge in [-0.2, -0.15) is 0 Å². The lowest BCUT2D eigenvalue weighted by Gasteiger charge is -2.08. The molecule has 0 aromatic heterocycles. The molecule has 19 heavy (non-hydrogen) atoms. The van der Waals surface area contributed by atoms with Crippen LogP contribution in [-0.4, -0.2) is 20.9 Å². The molecule has 4 nitrogen and oxygen atoms in total. The van der Waals surface area contributed by atoms with Gasteiger partial charge in [0.2, 0.25) is 0 Å². The molecule has 0 spiro atoms. The largest absolute Gasteiger partial charge is 0.352 e. The van der Waals surface area contributed by atoms with E-state index in [0.29, 0.717) is 12.5 Å². The quantitative estimate of drug-likeness (QED) is 0.867. The summed E-state index contributed by atoms with van der Waals surface area (Å²) < 4.78 is 36.4. The van der Waals surface area contributed by atoms with Crippen LogP contribution in [0.1, 0.15) is 28.8 Å². The van der Waals surface area contributed by atoms with Crippen molar-refractivity contribution in [3.8, 4) is 0 Å². The van der Waals surface area contributed by atoms with Crippen LogP contribution < -0.4 is 5.32 Å². The van der Waals surface area contributed by atoms with E-state index in [9.17, 15) is 17.6 Å². The third-order valence-corrected chi connectivity index (χ3v) is 4.34. The summed E-state index contributed by atoms with van der Waals surface area (Å²) in [6.07, 6.45) is 2.11. The topological polar surface area (TPSA) is 63.2 Å². The number of carbonyl (C=O) groups is 1. The molecular formula is C12H13ClFNO3S. The molecule has 0 atom stereocenters. The Kier molecular flexibility index (Phi) is 3.82. The fourth-order valence-electron chi connectivity index (χ4n) is 1.70. The molecule has 7 heteroatoms. The van der Waals surface area contributed by atoms with Crippen LogP contribution in [0.4, 0.5) is 4.39 Å². The Morgan fingerprint density at radius 2 is 2.11 bits per heavy atom. The molecule has 0 unspecified atom stereocenters. The summed E-state index contributed by atoms with van der Waals surface area (Å²) in [5.41, 5.74) is -0.224. The van der Waals surface area contributed by atoms with E-state index in [1.165, 1.54) is 6.92 Å². The van der Waals surface area contributed by atoms with Crippen LogP contribution in [0.15, 0.2) is 17.0 Å². The van der Waals surface area contributed by atoms with Gasteiger partial charge in [-0.1, -0.05) is 0 Å². The minimum Gasteiger partial charge on any atom is -0.352 e. The number of amides is 1. The number of benzene rings is 1. The van der Waals surface area contributed by atoms with Gasteiger partial charge < -0.3 is 5.32 Å². The predicted octanol–water partition coefficient (Wildman–Crippen LogP) is 2.20. The van der Waals surface area contributed by atoms with Crippen molar-refractivity contribution in [1.82, 2.24) is 5.32 Å². The van der Waals surface area contributed by atoms with Gasteiger partial charge in [0, 0.05) is 17.2 Å². The van der Waals surface area contributed by atoms with Crippen molar-refractivity contribution in [2.75, 3.05) is 6.54 Å². The number of carbonyl (C=O) groups excluding carboxylic acids is 1. The van der Waals surface area contributed by atoms with Crippen LogP contribution in [0.3, 0.4) is 0 Å². The molecule has 0 radical (unpaired) electrons. The normalized spacial score (nSPS) is 15.3. The number of nitrogens with one attached hydrogen (secondary N) is 1. The monoisotopic (exact) mass is 305 g/mol. The number of hydrogen-bond donors (Lipinski definition) is 1. The average molecular weight is 306 g/mol. The highest BCUT2D eigenvalue weighted by atomic mass is 35.7. The Bertz CT molecular complexity index is 626. The lowest BCUT2D eigenvalue weighted by molar-refractivity contribution is 0.0947. The Morgan fingerprint density at radius 3 is 2.63 bits per heavy atom. The first-order chi connectivity index (χ1) is 8.79. The van der Waals surface area contributed by atoms with Gasteiger partial charge in [-0.25, -0.2) is 12.8 Å². The molecule has 1 aromatic rings. The van der Waals surface area contributed by atoms with Crippen LogP contribution in [0, 0.1) is 18.7 Å². The average Bonchev–Trinajstić information content (AvgIpc) is 3.11. The Balaban J connectivity index is 2.31. The van der Waals surface area contributed by atoms with Gasteiger partial charge in [0.25, 0.3) is 15.0 Å². The molecule has 1 N–H and O–H groups in total. The molecule has 2 rings (SSSR count). The second-order valence-corrected chi connectivity index (χ2v) is 7.26. The maximum absolute atomic E-state index is 13.9. The van der Waals surface area contributed by atoms with E-state index >= 15 is 0 Å². The van der Waals surface area contributed by atoms with Crippen molar-refractivity contribution in [1.29, 1.82) is 0 Å². The molecule has 1 saturated carbocycles. The molecule has 1 amide bonds. The van der Waals surface area contributed by atoms with Gasteiger partial charge in [0.05, 0.1) is 10.5 Å². The second-order valence-electron chi connectivity index (χ2n) is 4.69. The summed E-state index contributed by atoms with van der Waals surface area (Å²) in [7, 11) is 1.22. The summed E-state index contributed by atoms with van der Waals surface area (Å²) in [5, 5.41) is 2.59. The van der Waals surface area contributed by atoms with E-state index in [2.05, 4.69) is 5.32 Å². The smallest absolute Gasteiger partial charge is 0.261 e. The van der Waals surface area contributed by atoms with E-state index < -0.39 is 20.8 Å². The van der Waals surface area contributed by atoms with Crippen LogP contribution in [0.2, 0.25) is 0 Å². The van der Waals surface area contributed by atoms with E-state index in [4.69, 9.17) is 10.7 Å². The molecule has 104 valence electrons. The van der Waals surface area contributed by atoms with Crippen LogP contribution >= 0.6 is 10.7 Å². The Hall–Kier alpha value is -1.14. The van der Waals surface area contributed by atoms with Crippen LogP contribution in [-0.2, 0) is 9.05 Å². The molecule has 1 aliphatic rings. The summed E-state index contributed by atoms with van der Waals surface area (Å²) in [6.45, 7) is 1.87. The van der Waals surface area contributed by atoms with Gasteiger partial charge >= 0.3 is 0 Å². The zero-order valence-electron chi connectivity index (χ0n) is 10.2. The second kappa shape index (κ2) is 5.09. The molecule has 1 aromatic carbocycles. The zero-order chi connectivity index (χ0) is 14.2. The predicted molar refractivity (Wildman–Crippen MR) is 69.2 cm³/mol. The molecule has 1 fully saturated rings. The molecule has 0 bridgehead atoms. The van der Waals surface area contributed by atoms with Crippen molar-refractivity contribution in [2.45, 2.75) is 24.7 Å². The zero-order valence-corrected chi connectivity index (χ0v) is 11.8. The van der Waals surface area contributed by atoms with Gasteiger partial charge in [-0.15, -0.1) is 0 Å². The highest BCUT2D eigenvalue weighted by Gasteiger charge is 2.24. The van der Waals surface area contributed by atoms with Crippen molar-refractivity contribution in [3.63, 3.8) is 0 Å². The molecular weight excluding hydrogens is 293 g/mol. The van der Waals surface area contributed by atoms with E-state index in [-0.39, 0.29) is 16.0 Å². The first kappa shape index (κ1) is 14.3. The Morgan fingerprint density at radius 1 is 1.47 bits per heavy atom. The first-order valence-electron chi connectivity index (χ1n) is 5.82. The van der Waals surface area contributed by atoms with Crippen molar-refractivity contribution in [2.24, 2.45) is 5.92 Å². The van der Waals surface area contributed by atoms with E-state index in [1.54, 1.807) is 0 Å². The molecule has 0 aliphatic heterocycles. The van der Waals surface area contributed by atoms with Gasteiger partial charge in [0.15, 0.2) is 0 Å². The van der Waals surface area contributed by atoms with Crippen LogP contribution in [0.25, 0.3) is 0 Å². The number of aryl methyl sites for hydroxylation is 1. The van der Waals surface area contributed by atoms with Gasteiger partial charge in [-0.05, 0) is 43.4 Å². The summed E-state index contributed by atoms with van der Waals surface area (Å²) in [5.74, 6) is -0.889. The molecule has 0 heterocycles. The number of halogens is 2. The van der Waals surface area contributed by atoms with Crippen molar-refractivity contribution in [3.05, 3.63) is 29.1 Å². The van der Waals surface area contributed by atoms with Crippen molar-refractivity contribution < 1.29 is 17.6 Å². The minimum atomic E-state index is -3.99. The lowest BCUT2D eigenvalue weighted by atomic mass is 10.1. The maximum Gasteiger partial charge on any atom is 0.261 e. The number of hydrogen-bond acceptors (Lipinski definition) is 3. The highest BCUT2D eigenvalue weighted by Crippen LogP contribution is 2.28. The molecule has 1 aliphatic carbocycles. The first-order valence-corrected chi connectivity index (χ1v) is 8.13. The standard InChI is InChI=1S/C12H13ClFNO3S/c1-7-4-9(19(13,17)18)5-10(11(7)14)12(16)15-6-8-2-3-8/h4-5,8H,2-3,6H2,1H3,(H,15,16). The summed E-state index contributed by atoms with van der Waals surface area (Å²) in [4.78, 5) is 11.6. The lowest BCUT2D eigenvalue weighted by Crippen LogP contribution is -2.26. The highest BCUT2D eigenvalue weighted by molar-refractivity contribution is 8.13. The fraction of sp³-hybridized carbons (Fsp3) is 0.417. The summed E-state index contributed by atoms with van der Waals surface area (Å²) >= 11 is 0. The molecule has 0 saturated heterocycles.